The van der Waals surface area contributed by atoms with Crippen molar-refractivity contribution in [3.05, 3.63) is 41.7 Å². The molecule has 0 aliphatic carbocycles. The number of piperidine rings is 1. The maximum Gasteiger partial charge on any atom is 0.274 e. The molecule has 0 atom stereocenters. The van der Waals surface area contributed by atoms with Crippen LogP contribution in [0.15, 0.2) is 30.3 Å². The lowest BCUT2D eigenvalue weighted by atomic mass is 10.1. The Morgan fingerprint density at radius 1 is 1.20 bits per heavy atom. The number of benzene rings is 1. The van der Waals surface area contributed by atoms with Gasteiger partial charge in [0.15, 0.2) is 0 Å². The number of rotatable bonds is 5. The third-order valence-electron chi connectivity index (χ3n) is 4.53. The van der Waals surface area contributed by atoms with Crippen molar-refractivity contribution >= 4 is 5.91 Å². The van der Waals surface area contributed by atoms with Crippen molar-refractivity contribution in [1.29, 1.82) is 0 Å². The van der Waals surface area contributed by atoms with Gasteiger partial charge in [0, 0.05) is 31.6 Å². The Labute approximate surface area is 148 Å². The molecule has 1 saturated heterocycles. The van der Waals surface area contributed by atoms with Gasteiger partial charge in [-0.1, -0.05) is 13.8 Å². The number of likely N-dealkylation sites (tertiary alicyclic amines) is 1. The Hall–Kier alpha value is -2.50. The highest BCUT2D eigenvalue weighted by Gasteiger charge is 2.26. The Morgan fingerprint density at radius 2 is 1.84 bits per heavy atom. The molecule has 0 spiro atoms. The first kappa shape index (κ1) is 17.3. The number of ether oxygens (including phenoxy) is 2. The number of hydrogen-bond donors (Lipinski definition) is 1. The number of aromatic nitrogens is 2. The Balaban J connectivity index is 1.52. The van der Waals surface area contributed by atoms with Crippen LogP contribution in [0.25, 0.3) is 0 Å². The maximum absolute atomic E-state index is 12.6. The van der Waals surface area contributed by atoms with Crippen LogP contribution in [-0.4, -0.2) is 47.3 Å². The molecule has 1 amide bonds. The second-order valence-corrected chi connectivity index (χ2v) is 6.65. The van der Waals surface area contributed by atoms with E-state index in [2.05, 4.69) is 24.0 Å². The standard InChI is InChI=1S/C19H25N3O3/c1-13(2)17-12-18(21-20-17)19(23)22-10-8-16(9-11-22)25-15-6-4-14(24-3)5-7-15/h4-7,12-13,16H,8-11H2,1-3H3,(H,20,21). The van der Waals surface area contributed by atoms with Crippen LogP contribution in [0, 0.1) is 0 Å². The summed E-state index contributed by atoms with van der Waals surface area (Å²) in [6.45, 7) is 5.51. The van der Waals surface area contributed by atoms with Crippen molar-refractivity contribution in [2.24, 2.45) is 0 Å². The van der Waals surface area contributed by atoms with E-state index < -0.39 is 0 Å². The molecule has 1 aliphatic rings. The fourth-order valence-corrected chi connectivity index (χ4v) is 2.93. The van der Waals surface area contributed by atoms with Gasteiger partial charge in [0.1, 0.15) is 23.3 Å². The number of aromatic amines is 1. The second kappa shape index (κ2) is 7.59. The van der Waals surface area contributed by atoms with Crippen LogP contribution in [0.5, 0.6) is 11.5 Å². The molecule has 1 aliphatic heterocycles. The summed E-state index contributed by atoms with van der Waals surface area (Å²) in [5, 5.41) is 7.10. The van der Waals surface area contributed by atoms with Crippen LogP contribution in [0.1, 0.15) is 48.8 Å². The molecule has 1 N–H and O–H groups in total. The largest absolute Gasteiger partial charge is 0.497 e. The first-order chi connectivity index (χ1) is 12.1. The second-order valence-electron chi connectivity index (χ2n) is 6.65. The highest BCUT2D eigenvalue weighted by molar-refractivity contribution is 5.92. The Morgan fingerprint density at radius 3 is 2.40 bits per heavy atom. The molecule has 6 heteroatoms. The third-order valence-corrected chi connectivity index (χ3v) is 4.53. The SMILES string of the molecule is COc1ccc(OC2CCN(C(=O)c3cc(C(C)C)[nH]n3)CC2)cc1. The van der Waals surface area contributed by atoms with E-state index >= 15 is 0 Å². The number of amides is 1. The molecule has 1 aromatic heterocycles. The average molecular weight is 343 g/mol. The van der Waals surface area contributed by atoms with Crippen LogP contribution in [0.4, 0.5) is 0 Å². The van der Waals surface area contributed by atoms with E-state index in [1.54, 1.807) is 7.11 Å². The fourth-order valence-electron chi connectivity index (χ4n) is 2.93. The van der Waals surface area contributed by atoms with Crippen LogP contribution >= 0.6 is 0 Å². The van der Waals surface area contributed by atoms with Gasteiger partial charge >= 0.3 is 0 Å². The molecular formula is C19H25N3O3. The van der Waals surface area contributed by atoms with E-state index in [-0.39, 0.29) is 12.0 Å². The van der Waals surface area contributed by atoms with Crippen LogP contribution < -0.4 is 9.47 Å². The molecule has 0 bridgehead atoms. The number of carbonyl (C=O) groups excluding carboxylic acids is 1. The lowest BCUT2D eigenvalue weighted by Gasteiger charge is -2.31. The van der Waals surface area contributed by atoms with Gasteiger partial charge < -0.3 is 14.4 Å². The van der Waals surface area contributed by atoms with Crippen molar-refractivity contribution < 1.29 is 14.3 Å². The summed E-state index contributed by atoms with van der Waals surface area (Å²) < 4.78 is 11.2. The van der Waals surface area contributed by atoms with Crippen molar-refractivity contribution in [1.82, 2.24) is 15.1 Å². The topological polar surface area (TPSA) is 67.5 Å². The number of nitrogens with zero attached hydrogens (tertiary/aromatic N) is 2. The van der Waals surface area contributed by atoms with E-state index in [9.17, 15) is 4.79 Å². The van der Waals surface area contributed by atoms with Crippen molar-refractivity contribution in [3.8, 4) is 11.5 Å². The summed E-state index contributed by atoms with van der Waals surface area (Å²) in [4.78, 5) is 14.4. The fraction of sp³-hybridized carbons (Fsp3) is 0.474. The molecule has 6 nitrogen and oxygen atoms in total. The first-order valence-corrected chi connectivity index (χ1v) is 8.72. The predicted molar refractivity (Wildman–Crippen MR) is 95.2 cm³/mol. The number of H-pyrrole nitrogens is 1. The zero-order valence-corrected chi connectivity index (χ0v) is 15.0. The molecule has 2 aromatic rings. The number of methoxy groups -OCH3 is 1. The van der Waals surface area contributed by atoms with E-state index in [4.69, 9.17) is 9.47 Å². The lowest BCUT2D eigenvalue weighted by Crippen LogP contribution is -2.41. The summed E-state index contributed by atoms with van der Waals surface area (Å²) in [5.74, 6) is 1.97. The van der Waals surface area contributed by atoms with E-state index in [0.29, 0.717) is 24.7 Å². The average Bonchev–Trinajstić information content (AvgIpc) is 3.13. The molecular weight excluding hydrogens is 318 g/mol. The Bertz CT molecular complexity index is 701. The quantitative estimate of drug-likeness (QED) is 0.905. The lowest BCUT2D eigenvalue weighted by molar-refractivity contribution is 0.0590. The minimum absolute atomic E-state index is 0.00829. The first-order valence-electron chi connectivity index (χ1n) is 8.72. The third kappa shape index (κ3) is 4.13. The molecule has 0 saturated carbocycles. The minimum atomic E-state index is -0.00829. The van der Waals surface area contributed by atoms with Gasteiger partial charge in [-0.05, 0) is 36.2 Å². The Kier molecular flexibility index (Phi) is 5.26. The van der Waals surface area contributed by atoms with Gasteiger partial charge in [0.2, 0.25) is 0 Å². The van der Waals surface area contributed by atoms with E-state index in [0.717, 1.165) is 30.0 Å². The van der Waals surface area contributed by atoms with Gasteiger partial charge in [-0.2, -0.15) is 5.10 Å². The molecule has 3 rings (SSSR count). The number of carbonyl (C=O) groups is 1. The highest BCUT2D eigenvalue weighted by atomic mass is 16.5. The maximum atomic E-state index is 12.6. The van der Waals surface area contributed by atoms with Gasteiger partial charge in [-0.15, -0.1) is 0 Å². The van der Waals surface area contributed by atoms with Gasteiger partial charge in [-0.3, -0.25) is 9.89 Å². The molecule has 2 heterocycles. The van der Waals surface area contributed by atoms with Gasteiger partial charge in [0.05, 0.1) is 7.11 Å². The van der Waals surface area contributed by atoms with Crippen molar-refractivity contribution in [2.75, 3.05) is 20.2 Å². The zero-order valence-electron chi connectivity index (χ0n) is 15.0. The summed E-state index contributed by atoms with van der Waals surface area (Å²) in [6.07, 6.45) is 1.77. The van der Waals surface area contributed by atoms with E-state index in [1.807, 2.05) is 35.2 Å². The van der Waals surface area contributed by atoms with Gasteiger partial charge in [-0.25, -0.2) is 0 Å². The summed E-state index contributed by atoms with van der Waals surface area (Å²) in [5.41, 5.74) is 1.49. The minimum Gasteiger partial charge on any atom is -0.497 e. The number of hydrogen-bond acceptors (Lipinski definition) is 4. The molecule has 0 unspecified atom stereocenters. The zero-order chi connectivity index (χ0) is 17.8. The summed E-state index contributed by atoms with van der Waals surface area (Å²) in [7, 11) is 1.64. The molecule has 134 valence electrons. The molecule has 0 radical (unpaired) electrons. The van der Waals surface area contributed by atoms with Crippen LogP contribution in [0.3, 0.4) is 0 Å². The van der Waals surface area contributed by atoms with Crippen LogP contribution in [-0.2, 0) is 0 Å². The van der Waals surface area contributed by atoms with Crippen molar-refractivity contribution in [2.45, 2.75) is 38.7 Å². The van der Waals surface area contributed by atoms with Crippen LogP contribution in [0.2, 0.25) is 0 Å². The predicted octanol–water partition coefficient (Wildman–Crippen LogP) is 3.23. The van der Waals surface area contributed by atoms with Crippen molar-refractivity contribution in [3.63, 3.8) is 0 Å². The molecule has 1 aromatic carbocycles. The number of nitrogens with one attached hydrogen (secondary N) is 1. The molecule has 1 fully saturated rings. The monoisotopic (exact) mass is 343 g/mol. The summed E-state index contributed by atoms with van der Waals surface area (Å²) in [6, 6.07) is 9.45. The smallest absolute Gasteiger partial charge is 0.274 e. The summed E-state index contributed by atoms with van der Waals surface area (Å²) >= 11 is 0. The highest BCUT2D eigenvalue weighted by Crippen LogP contribution is 2.22. The molecule has 25 heavy (non-hydrogen) atoms. The normalized spacial score (nSPS) is 15.4. The van der Waals surface area contributed by atoms with E-state index in [1.165, 1.54) is 0 Å². The van der Waals surface area contributed by atoms with Gasteiger partial charge in [0.25, 0.3) is 5.91 Å².